The predicted octanol–water partition coefficient (Wildman–Crippen LogP) is 3.62. The number of anilines is 2. The number of nitro groups is 1. The number of rotatable bonds is 6. The van der Waals surface area contributed by atoms with Gasteiger partial charge in [0.1, 0.15) is 0 Å². The van der Waals surface area contributed by atoms with E-state index in [2.05, 4.69) is 10.6 Å². The van der Waals surface area contributed by atoms with Crippen LogP contribution in [0.15, 0.2) is 36.4 Å². The van der Waals surface area contributed by atoms with Crippen LogP contribution >= 0.6 is 11.3 Å². The molecule has 0 aliphatic heterocycles. The second-order valence-electron chi connectivity index (χ2n) is 4.33. The number of benzene rings is 1. The zero-order valence-corrected chi connectivity index (χ0v) is 12.3. The van der Waals surface area contributed by atoms with Crippen molar-refractivity contribution >= 4 is 33.6 Å². The van der Waals surface area contributed by atoms with Crippen molar-refractivity contribution in [2.24, 2.45) is 0 Å². The molecular weight excluding hydrogens is 290 g/mol. The van der Waals surface area contributed by atoms with E-state index in [1.165, 1.54) is 6.07 Å². The van der Waals surface area contributed by atoms with E-state index in [9.17, 15) is 14.9 Å². The van der Waals surface area contributed by atoms with Gasteiger partial charge in [0.05, 0.1) is 4.92 Å². The molecule has 0 aliphatic rings. The number of amides is 1. The highest BCUT2D eigenvalue weighted by Crippen LogP contribution is 2.25. The van der Waals surface area contributed by atoms with Crippen molar-refractivity contribution in [3.8, 4) is 0 Å². The van der Waals surface area contributed by atoms with Crippen LogP contribution in [0, 0.1) is 10.1 Å². The Morgan fingerprint density at radius 1 is 1.29 bits per heavy atom. The molecule has 1 aromatic carbocycles. The summed E-state index contributed by atoms with van der Waals surface area (Å²) in [6.07, 6.45) is 0.427. The molecule has 2 rings (SSSR count). The topological polar surface area (TPSA) is 84.3 Å². The molecule has 2 N–H and O–H groups in total. The molecule has 7 heteroatoms. The first-order valence-corrected chi connectivity index (χ1v) is 7.27. The Balaban J connectivity index is 1.97. The fraction of sp³-hybridized carbons (Fsp3) is 0.214. The summed E-state index contributed by atoms with van der Waals surface area (Å²) >= 11 is 1.15. The van der Waals surface area contributed by atoms with Gasteiger partial charge in [0.25, 0.3) is 0 Å². The summed E-state index contributed by atoms with van der Waals surface area (Å²) in [5, 5.41) is 16.7. The lowest BCUT2D eigenvalue weighted by Gasteiger charge is -2.08. The van der Waals surface area contributed by atoms with Crippen LogP contribution in [0.5, 0.6) is 0 Å². The van der Waals surface area contributed by atoms with Crippen LogP contribution in [-0.4, -0.2) is 10.8 Å². The number of hydrogen-bond donors (Lipinski definition) is 2. The molecule has 1 amide bonds. The number of thiophene rings is 1. The first-order valence-electron chi connectivity index (χ1n) is 6.45. The smallest absolute Gasteiger partial charge is 0.324 e. The monoisotopic (exact) mass is 305 g/mol. The molecule has 0 bridgehead atoms. The Labute approximate surface area is 126 Å². The van der Waals surface area contributed by atoms with Crippen LogP contribution in [0.3, 0.4) is 0 Å². The van der Waals surface area contributed by atoms with E-state index in [4.69, 9.17) is 0 Å². The molecule has 0 saturated carbocycles. The van der Waals surface area contributed by atoms with E-state index in [-0.39, 0.29) is 10.9 Å². The van der Waals surface area contributed by atoms with E-state index in [0.717, 1.165) is 27.6 Å². The molecule has 0 aliphatic carbocycles. The fourth-order valence-electron chi connectivity index (χ4n) is 1.71. The van der Waals surface area contributed by atoms with E-state index in [1.807, 2.05) is 24.3 Å². The molecule has 1 heterocycles. The molecule has 0 radical (unpaired) electrons. The molecule has 0 unspecified atom stereocenters. The number of hydrogen-bond acceptors (Lipinski definition) is 5. The molecule has 21 heavy (non-hydrogen) atoms. The van der Waals surface area contributed by atoms with E-state index in [1.54, 1.807) is 13.0 Å². The Bertz CT molecular complexity index is 654. The molecular formula is C14H15N3O3S. The molecule has 110 valence electrons. The van der Waals surface area contributed by atoms with Crippen LogP contribution in [0.1, 0.15) is 18.2 Å². The molecule has 0 spiro atoms. The summed E-state index contributed by atoms with van der Waals surface area (Å²) in [6, 6.07) is 10.6. The van der Waals surface area contributed by atoms with Gasteiger partial charge >= 0.3 is 5.00 Å². The summed E-state index contributed by atoms with van der Waals surface area (Å²) in [6.45, 7) is 2.30. The third-order valence-electron chi connectivity index (χ3n) is 2.76. The van der Waals surface area contributed by atoms with Crippen molar-refractivity contribution < 1.29 is 9.72 Å². The van der Waals surface area contributed by atoms with Gasteiger partial charge < -0.3 is 10.6 Å². The zero-order chi connectivity index (χ0) is 15.2. The van der Waals surface area contributed by atoms with Gasteiger partial charge in [-0.1, -0.05) is 24.3 Å². The Kier molecular flexibility index (Phi) is 4.89. The summed E-state index contributed by atoms with van der Waals surface area (Å²) in [5.74, 6) is -0.0407. The first-order chi connectivity index (χ1) is 10.1. The normalized spacial score (nSPS) is 10.1. The first kappa shape index (κ1) is 15.0. The zero-order valence-electron chi connectivity index (χ0n) is 11.5. The number of carbonyl (C=O) groups excluding carboxylic acids is 1. The largest absolute Gasteiger partial charge is 0.380 e. The second-order valence-corrected chi connectivity index (χ2v) is 5.48. The highest BCUT2D eigenvalue weighted by Gasteiger charge is 2.09. The fourth-order valence-corrected chi connectivity index (χ4v) is 2.46. The van der Waals surface area contributed by atoms with Gasteiger partial charge in [-0.05, 0) is 24.3 Å². The van der Waals surface area contributed by atoms with Crippen LogP contribution in [0.25, 0.3) is 0 Å². The standard InChI is InChI=1S/C14H15N3O3S/c1-2-13(18)16-11-5-3-4-10(8-11)15-9-12-6-7-14(21-12)17(19)20/h3-8,15H,2,9H2,1H3,(H,16,18). The Hall–Kier alpha value is -2.41. The SMILES string of the molecule is CCC(=O)Nc1cccc(NCc2ccc([N+](=O)[O-])s2)c1. The van der Waals surface area contributed by atoms with Crippen molar-refractivity contribution in [1.29, 1.82) is 0 Å². The lowest BCUT2D eigenvalue weighted by molar-refractivity contribution is -0.380. The van der Waals surface area contributed by atoms with Crippen molar-refractivity contribution in [3.63, 3.8) is 0 Å². The third kappa shape index (κ3) is 4.28. The van der Waals surface area contributed by atoms with E-state index in [0.29, 0.717) is 13.0 Å². The quantitative estimate of drug-likeness (QED) is 0.630. The average Bonchev–Trinajstić information content (AvgIpc) is 2.94. The molecule has 2 aromatic rings. The van der Waals surface area contributed by atoms with Crippen molar-refractivity contribution in [3.05, 3.63) is 51.4 Å². The minimum Gasteiger partial charge on any atom is -0.380 e. The van der Waals surface area contributed by atoms with Crippen LogP contribution < -0.4 is 10.6 Å². The minimum atomic E-state index is -0.394. The molecule has 0 fully saturated rings. The summed E-state index contributed by atoms with van der Waals surface area (Å²) in [5.41, 5.74) is 1.57. The van der Waals surface area contributed by atoms with Crippen molar-refractivity contribution in [2.45, 2.75) is 19.9 Å². The number of nitrogens with one attached hydrogen (secondary N) is 2. The second kappa shape index (κ2) is 6.85. The predicted molar refractivity (Wildman–Crippen MR) is 83.7 cm³/mol. The van der Waals surface area contributed by atoms with Gasteiger partial charge in [-0.25, -0.2) is 0 Å². The van der Waals surface area contributed by atoms with E-state index >= 15 is 0 Å². The molecule has 6 nitrogen and oxygen atoms in total. The maximum Gasteiger partial charge on any atom is 0.324 e. The molecule has 0 saturated heterocycles. The van der Waals surface area contributed by atoms with Gasteiger partial charge in [-0.2, -0.15) is 0 Å². The van der Waals surface area contributed by atoms with Gasteiger partial charge in [-0.15, -0.1) is 0 Å². The Morgan fingerprint density at radius 3 is 2.71 bits per heavy atom. The van der Waals surface area contributed by atoms with Crippen molar-refractivity contribution in [2.75, 3.05) is 10.6 Å². The summed E-state index contributed by atoms with van der Waals surface area (Å²) in [4.78, 5) is 22.5. The van der Waals surface area contributed by atoms with Gasteiger partial charge in [0.15, 0.2) is 0 Å². The van der Waals surface area contributed by atoms with Crippen LogP contribution in [-0.2, 0) is 11.3 Å². The van der Waals surface area contributed by atoms with Crippen molar-refractivity contribution in [1.82, 2.24) is 0 Å². The number of nitrogens with zero attached hydrogens (tertiary/aromatic N) is 1. The minimum absolute atomic E-state index is 0.0407. The average molecular weight is 305 g/mol. The Morgan fingerprint density at radius 2 is 2.05 bits per heavy atom. The molecule has 1 aromatic heterocycles. The summed E-state index contributed by atoms with van der Waals surface area (Å²) < 4.78 is 0. The van der Waals surface area contributed by atoms with Crippen LogP contribution in [0.2, 0.25) is 0 Å². The maximum absolute atomic E-state index is 11.3. The lowest BCUT2D eigenvalue weighted by atomic mass is 10.2. The maximum atomic E-state index is 11.3. The van der Waals surface area contributed by atoms with Gasteiger partial charge in [0, 0.05) is 35.3 Å². The number of carbonyl (C=O) groups is 1. The molecule has 0 atom stereocenters. The van der Waals surface area contributed by atoms with Gasteiger partial charge in [0.2, 0.25) is 5.91 Å². The lowest BCUT2D eigenvalue weighted by Crippen LogP contribution is -2.09. The van der Waals surface area contributed by atoms with E-state index < -0.39 is 4.92 Å². The van der Waals surface area contributed by atoms with Crippen LogP contribution in [0.4, 0.5) is 16.4 Å². The summed E-state index contributed by atoms with van der Waals surface area (Å²) in [7, 11) is 0. The van der Waals surface area contributed by atoms with Gasteiger partial charge in [-0.3, -0.25) is 14.9 Å². The highest BCUT2D eigenvalue weighted by molar-refractivity contribution is 7.15. The third-order valence-corrected chi connectivity index (χ3v) is 3.80. The highest BCUT2D eigenvalue weighted by atomic mass is 32.1.